The van der Waals surface area contributed by atoms with Crippen molar-refractivity contribution in [1.82, 2.24) is 9.78 Å². The van der Waals surface area contributed by atoms with Gasteiger partial charge < -0.3 is 5.73 Å². The van der Waals surface area contributed by atoms with Gasteiger partial charge in [0.1, 0.15) is 0 Å². The van der Waals surface area contributed by atoms with Gasteiger partial charge in [0.2, 0.25) is 0 Å². The summed E-state index contributed by atoms with van der Waals surface area (Å²) in [4.78, 5) is 0. The van der Waals surface area contributed by atoms with Crippen molar-refractivity contribution in [1.29, 1.82) is 0 Å². The smallest absolute Gasteiger partial charge is 0.0735 e. The Morgan fingerprint density at radius 1 is 1.50 bits per heavy atom. The third kappa shape index (κ3) is 2.31. The molecule has 0 radical (unpaired) electrons. The first-order valence-corrected chi connectivity index (χ1v) is 6.65. The van der Waals surface area contributed by atoms with Crippen molar-refractivity contribution in [3.8, 4) is 0 Å². The highest BCUT2D eigenvalue weighted by molar-refractivity contribution is 14.1. The maximum atomic E-state index is 6.24. The Bertz CT molecular complexity index is 490. The summed E-state index contributed by atoms with van der Waals surface area (Å²) in [5.74, 6) is 0. The lowest BCUT2D eigenvalue weighted by Crippen LogP contribution is -2.16. The number of nitrogens with zero attached hydrogens (tertiary/aromatic N) is 2. The van der Waals surface area contributed by atoms with Gasteiger partial charge in [0.15, 0.2) is 0 Å². The van der Waals surface area contributed by atoms with E-state index in [0.29, 0.717) is 0 Å². The zero-order chi connectivity index (χ0) is 11.7. The Hall–Kier alpha value is -0.400. The van der Waals surface area contributed by atoms with Crippen LogP contribution in [0.3, 0.4) is 0 Å². The van der Waals surface area contributed by atoms with E-state index in [-0.39, 0.29) is 6.04 Å². The van der Waals surface area contributed by atoms with Crippen molar-refractivity contribution in [2.24, 2.45) is 12.8 Å². The van der Waals surface area contributed by atoms with Gasteiger partial charge in [0.25, 0.3) is 0 Å². The molecule has 0 saturated carbocycles. The topological polar surface area (TPSA) is 43.8 Å². The molecule has 2 N–H and O–H groups in total. The predicted molar refractivity (Wildman–Crippen MR) is 76.1 cm³/mol. The summed E-state index contributed by atoms with van der Waals surface area (Å²) >= 11 is 5.75. The summed E-state index contributed by atoms with van der Waals surface area (Å²) in [6.45, 7) is 0. The summed E-state index contributed by atoms with van der Waals surface area (Å²) < 4.78 is 3.93. The van der Waals surface area contributed by atoms with Crippen LogP contribution in [0.15, 0.2) is 34.9 Å². The van der Waals surface area contributed by atoms with Crippen molar-refractivity contribution >= 4 is 38.5 Å². The third-order valence-electron chi connectivity index (χ3n) is 2.44. The Morgan fingerprint density at radius 3 is 2.81 bits per heavy atom. The fraction of sp³-hybridized carbons (Fsp3) is 0.182. The lowest BCUT2D eigenvalue weighted by atomic mass is 10.1. The number of nitrogens with two attached hydrogens (primary N) is 1. The molecular weight excluding hydrogens is 381 g/mol. The lowest BCUT2D eigenvalue weighted by Gasteiger charge is -2.13. The second-order valence-corrected chi connectivity index (χ2v) is 5.63. The fourth-order valence-electron chi connectivity index (χ4n) is 1.63. The van der Waals surface area contributed by atoms with E-state index in [1.807, 2.05) is 19.2 Å². The van der Waals surface area contributed by atoms with E-state index in [9.17, 15) is 0 Å². The highest BCUT2D eigenvalue weighted by atomic mass is 127. The van der Waals surface area contributed by atoms with Crippen molar-refractivity contribution in [2.75, 3.05) is 0 Å². The van der Waals surface area contributed by atoms with E-state index >= 15 is 0 Å². The van der Waals surface area contributed by atoms with Gasteiger partial charge in [-0.25, -0.2) is 0 Å². The number of hydrogen-bond acceptors (Lipinski definition) is 2. The zero-order valence-corrected chi connectivity index (χ0v) is 12.4. The fourth-order valence-corrected chi connectivity index (χ4v) is 2.79. The minimum atomic E-state index is -0.156. The monoisotopic (exact) mass is 391 g/mol. The molecule has 1 heterocycles. The van der Waals surface area contributed by atoms with E-state index in [0.717, 1.165) is 15.7 Å². The molecule has 3 nitrogen and oxygen atoms in total. The van der Waals surface area contributed by atoms with E-state index < -0.39 is 0 Å². The zero-order valence-electron chi connectivity index (χ0n) is 8.69. The molecule has 16 heavy (non-hydrogen) atoms. The Morgan fingerprint density at radius 2 is 2.25 bits per heavy atom. The summed E-state index contributed by atoms with van der Waals surface area (Å²) in [6.07, 6.45) is 1.77. The first kappa shape index (κ1) is 12.1. The van der Waals surface area contributed by atoms with Gasteiger partial charge in [-0.3, -0.25) is 4.68 Å². The second kappa shape index (κ2) is 4.85. The van der Waals surface area contributed by atoms with Crippen LogP contribution in [0.5, 0.6) is 0 Å². The molecule has 0 aliphatic carbocycles. The van der Waals surface area contributed by atoms with Crippen LogP contribution in [0.1, 0.15) is 17.3 Å². The highest BCUT2D eigenvalue weighted by Gasteiger charge is 2.16. The molecule has 0 bridgehead atoms. The normalized spacial score (nSPS) is 12.8. The van der Waals surface area contributed by atoms with Crippen LogP contribution in [0, 0.1) is 3.57 Å². The van der Waals surface area contributed by atoms with Gasteiger partial charge in [-0.05, 0) is 56.2 Å². The van der Waals surface area contributed by atoms with E-state index in [1.165, 1.54) is 3.57 Å². The molecule has 1 aromatic carbocycles. The van der Waals surface area contributed by atoms with Crippen LogP contribution in [0.4, 0.5) is 0 Å². The molecule has 0 aliphatic rings. The number of benzene rings is 1. The van der Waals surface area contributed by atoms with E-state index in [1.54, 1.807) is 10.9 Å². The lowest BCUT2D eigenvalue weighted by molar-refractivity contribution is 0.671. The molecule has 2 aromatic rings. The molecule has 0 fully saturated rings. The first-order valence-electron chi connectivity index (χ1n) is 4.78. The van der Waals surface area contributed by atoms with Crippen LogP contribution in [0.25, 0.3) is 0 Å². The van der Waals surface area contributed by atoms with Gasteiger partial charge in [0, 0.05) is 10.6 Å². The molecule has 0 spiro atoms. The number of aryl methyl sites for hydroxylation is 1. The Balaban J connectivity index is 2.43. The molecule has 1 atom stereocenters. The molecule has 84 valence electrons. The maximum Gasteiger partial charge on any atom is 0.0735 e. The van der Waals surface area contributed by atoms with Gasteiger partial charge in [-0.2, -0.15) is 5.10 Å². The number of rotatable bonds is 2. The Kier molecular flexibility index (Phi) is 3.66. The van der Waals surface area contributed by atoms with Gasteiger partial charge in [-0.1, -0.05) is 12.1 Å². The standard InChI is InChI=1S/C11H11BrIN3/c1-16-11(9(12)6-15-16)10(14)7-3-2-4-8(13)5-7/h2-6,10H,14H2,1H3. The number of halogens is 2. The average Bonchev–Trinajstić information content (AvgIpc) is 2.58. The highest BCUT2D eigenvalue weighted by Crippen LogP contribution is 2.26. The van der Waals surface area contributed by atoms with Crippen molar-refractivity contribution in [3.05, 3.63) is 49.8 Å². The summed E-state index contributed by atoms with van der Waals surface area (Å²) in [5, 5.41) is 4.17. The molecule has 1 aromatic heterocycles. The van der Waals surface area contributed by atoms with E-state index in [4.69, 9.17) is 5.73 Å². The average molecular weight is 392 g/mol. The van der Waals surface area contributed by atoms with Gasteiger partial charge >= 0.3 is 0 Å². The van der Waals surface area contributed by atoms with Crippen LogP contribution in [-0.2, 0) is 7.05 Å². The first-order chi connectivity index (χ1) is 7.59. The molecule has 0 saturated heterocycles. The minimum absolute atomic E-state index is 0.156. The van der Waals surface area contributed by atoms with Crippen LogP contribution in [-0.4, -0.2) is 9.78 Å². The molecule has 0 amide bonds. The molecular formula is C11H11BrIN3. The molecule has 0 aliphatic heterocycles. The summed E-state index contributed by atoms with van der Waals surface area (Å²) in [7, 11) is 1.90. The van der Waals surface area contributed by atoms with E-state index in [2.05, 4.69) is 55.8 Å². The summed E-state index contributed by atoms with van der Waals surface area (Å²) in [5.41, 5.74) is 8.32. The molecule has 5 heteroatoms. The minimum Gasteiger partial charge on any atom is -0.319 e. The largest absolute Gasteiger partial charge is 0.319 e. The van der Waals surface area contributed by atoms with Crippen LogP contribution >= 0.6 is 38.5 Å². The Labute approximate surface area is 116 Å². The quantitative estimate of drug-likeness (QED) is 0.800. The number of aromatic nitrogens is 2. The molecule has 1 unspecified atom stereocenters. The van der Waals surface area contributed by atoms with Crippen LogP contribution in [0.2, 0.25) is 0 Å². The van der Waals surface area contributed by atoms with Crippen molar-refractivity contribution in [3.63, 3.8) is 0 Å². The maximum absolute atomic E-state index is 6.24. The predicted octanol–water partition coefficient (Wildman–Crippen LogP) is 2.84. The van der Waals surface area contributed by atoms with Gasteiger partial charge in [-0.15, -0.1) is 0 Å². The van der Waals surface area contributed by atoms with Crippen molar-refractivity contribution in [2.45, 2.75) is 6.04 Å². The third-order valence-corrected chi connectivity index (χ3v) is 3.72. The molecule has 2 rings (SSSR count). The SMILES string of the molecule is Cn1ncc(Br)c1C(N)c1cccc(I)c1. The second-order valence-electron chi connectivity index (χ2n) is 3.53. The van der Waals surface area contributed by atoms with Crippen molar-refractivity contribution < 1.29 is 0 Å². The van der Waals surface area contributed by atoms with Gasteiger partial charge in [0.05, 0.1) is 22.4 Å². The van der Waals surface area contributed by atoms with Crippen LogP contribution < -0.4 is 5.73 Å². The summed E-state index contributed by atoms with van der Waals surface area (Å²) in [6, 6.07) is 8.03. The number of hydrogen-bond donors (Lipinski definition) is 1.